The van der Waals surface area contributed by atoms with Crippen LogP contribution < -0.4 is 0 Å². The Morgan fingerprint density at radius 1 is 0.737 bits per heavy atom. The Labute approximate surface area is 117 Å². The summed E-state index contributed by atoms with van der Waals surface area (Å²) in [5, 5.41) is 0. The van der Waals surface area contributed by atoms with Gasteiger partial charge in [0.1, 0.15) is 11.6 Å². The highest BCUT2D eigenvalue weighted by Crippen LogP contribution is 2.62. The first-order chi connectivity index (χ1) is 8.45. The molecule has 0 amide bonds. The smallest absolute Gasteiger partial charge is 0.141 e. The quantitative estimate of drug-likeness (QED) is 0.754. The van der Waals surface area contributed by atoms with E-state index in [1.54, 1.807) is 0 Å². The fraction of sp³-hybridized carbons (Fsp3) is 0.882. The van der Waals surface area contributed by atoms with Gasteiger partial charge in [-0.2, -0.15) is 0 Å². The van der Waals surface area contributed by atoms with Crippen molar-refractivity contribution in [1.29, 1.82) is 0 Å². The molecule has 108 valence electrons. The lowest BCUT2D eigenvalue weighted by Gasteiger charge is -2.58. The topological polar surface area (TPSA) is 34.1 Å². The number of hydrogen-bond donors (Lipinski definition) is 0. The SMILES string of the molecule is CC(C)(C)C(=O)C1CC2(C1)CC(C(=O)C(C)(C)C)C2. The minimum Gasteiger partial charge on any atom is -0.299 e. The number of hydrogen-bond acceptors (Lipinski definition) is 2. The van der Waals surface area contributed by atoms with Crippen molar-refractivity contribution in [2.24, 2.45) is 28.1 Å². The molecule has 0 heterocycles. The van der Waals surface area contributed by atoms with Gasteiger partial charge in [-0.1, -0.05) is 41.5 Å². The van der Waals surface area contributed by atoms with Crippen LogP contribution >= 0.6 is 0 Å². The molecule has 2 heteroatoms. The minimum absolute atomic E-state index is 0.212. The van der Waals surface area contributed by atoms with E-state index in [2.05, 4.69) is 0 Å². The number of carbonyl (C=O) groups is 2. The third kappa shape index (κ3) is 2.64. The first-order valence-electron chi connectivity index (χ1n) is 7.53. The minimum atomic E-state index is -0.212. The van der Waals surface area contributed by atoms with E-state index in [9.17, 15) is 9.59 Å². The van der Waals surface area contributed by atoms with Crippen LogP contribution in [-0.2, 0) is 9.59 Å². The van der Waals surface area contributed by atoms with Crippen molar-refractivity contribution in [3.8, 4) is 0 Å². The summed E-state index contributed by atoms with van der Waals surface area (Å²) in [4.78, 5) is 24.4. The van der Waals surface area contributed by atoms with E-state index in [1.807, 2.05) is 41.5 Å². The second kappa shape index (κ2) is 4.17. The molecule has 0 radical (unpaired) electrons. The van der Waals surface area contributed by atoms with E-state index < -0.39 is 0 Å². The van der Waals surface area contributed by atoms with Gasteiger partial charge in [-0.25, -0.2) is 0 Å². The molecule has 0 bridgehead atoms. The van der Waals surface area contributed by atoms with Crippen molar-refractivity contribution in [3.63, 3.8) is 0 Å². The summed E-state index contributed by atoms with van der Waals surface area (Å²) in [5.74, 6) is 1.32. The Hall–Kier alpha value is -0.660. The average Bonchev–Trinajstić information content (AvgIpc) is 2.09. The monoisotopic (exact) mass is 264 g/mol. The highest BCUT2D eigenvalue weighted by atomic mass is 16.1. The predicted octanol–water partition coefficient (Wildman–Crippen LogP) is 4.02. The van der Waals surface area contributed by atoms with Gasteiger partial charge in [-0.05, 0) is 31.1 Å². The zero-order chi connectivity index (χ0) is 14.6. The summed E-state index contributed by atoms with van der Waals surface area (Å²) in [6.45, 7) is 12.0. The largest absolute Gasteiger partial charge is 0.299 e. The molecule has 0 unspecified atom stereocenters. The maximum Gasteiger partial charge on any atom is 0.141 e. The van der Waals surface area contributed by atoms with E-state index in [0.29, 0.717) is 17.0 Å². The van der Waals surface area contributed by atoms with Gasteiger partial charge >= 0.3 is 0 Å². The highest BCUT2D eigenvalue weighted by Gasteiger charge is 2.57. The molecule has 1 spiro atoms. The van der Waals surface area contributed by atoms with E-state index in [0.717, 1.165) is 25.7 Å². The third-order valence-electron chi connectivity index (χ3n) is 4.94. The molecule has 0 saturated heterocycles. The first-order valence-corrected chi connectivity index (χ1v) is 7.53. The van der Waals surface area contributed by atoms with Gasteiger partial charge in [-0.15, -0.1) is 0 Å². The fourth-order valence-electron chi connectivity index (χ4n) is 3.90. The molecule has 2 aliphatic carbocycles. The number of carbonyl (C=O) groups excluding carboxylic acids is 2. The fourth-order valence-corrected chi connectivity index (χ4v) is 3.90. The zero-order valence-corrected chi connectivity index (χ0v) is 13.3. The Bertz CT molecular complexity index is 350. The third-order valence-corrected chi connectivity index (χ3v) is 4.94. The molecule has 0 aromatic carbocycles. The van der Waals surface area contributed by atoms with Gasteiger partial charge in [-0.3, -0.25) is 9.59 Å². The van der Waals surface area contributed by atoms with Crippen molar-refractivity contribution in [2.75, 3.05) is 0 Å². The lowest BCUT2D eigenvalue weighted by atomic mass is 9.45. The van der Waals surface area contributed by atoms with Gasteiger partial charge in [0.05, 0.1) is 0 Å². The van der Waals surface area contributed by atoms with Gasteiger partial charge in [0.25, 0.3) is 0 Å². The highest BCUT2D eigenvalue weighted by molar-refractivity contribution is 5.88. The molecule has 2 fully saturated rings. The lowest BCUT2D eigenvalue weighted by Crippen LogP contribution is -2.54. The van der Waals surface area contributed by atoms with Crippen molar-refractivity contribution in [2.45, 2.75) is 67.2 Å². The zero-order valence-electron chi connectivity index (χ0n) is 13.3. The Balaban J connectivity index is 1.84. The van der Waals surface area contributed by atoms with E-state index >= 15 is 0 Å². The molecule has 2 nitrogen and oxygen atoms in total. The lowest BCUT2D eigenvalue weighted by molar-refractivity contribution is -0.155. The van der Waals surface area contributed by atoms with Crippen LogP contribution in [0.5, 0.6) is 0 Å². The summed E-state index contributed by atoms with van der Waals surface area (Å²) in [6.07, 6.45) is 4.10. The van der Waals surface area contributed by atoms with Crippen LogP contribution in [0.25, 0.3) is 0 Å². The van der Waals surface area contributed by atoms with Gasteiger partial charge in [0, 0.05) is 22.7 Å². The second-order valence-electron chi connectivity index (χ2n) is 8.94. The second-order valence-corrected chi connectivity index (χ2v) is 8.94. The average molecular weight is 264 g/mol. The normalized spacial score (nSPS) is 34.6. The molecule has 0 aliphatic heterocycles. The van der Waals surface area contributed by atoms with Gasteiger partial charge < -0.3 is 0 Å². The first kappa shape index (κ1) is 14.7. The summed E-state index contributed by atoms with van der Waals surface area (Å²) in [6, 6.07) is 0. The Morgan fingerprint density at radius 3 is 1.21 bits per heavy atom. The van der Waals surface area contributed by atoms with Crippen LogP contribution in [0.4, 0.5) is 0 Å². The van der Waals surface area contributed by atoms with Crippen molar-refractivity contribution < 1.29 is 9.59 Å². The van der Waals surface area contributed by atoms with Crippen molar-refractivity contribution >= 4 is 11.6 Å². The van der Waals surface area contributed by atoms with Crippen LogP contribution in [-0.4, -0.2) is 11.6 Å². The summed E-state index contributed by atoms with van der Waals surface area (Å²) in [5.41, 5.74) is -0.0789. The van der Waals surface area contributed by atoms with E-state index in [-0.39, 0.29) is 22.7 Å². The molecule has 2 rings (SSSR count). The van der Waals surface area contributed by atoms with Crippen molar-refractivity contribution in [3.05, 3.63) is 0 Å². The maximum absolute atomic E-state index is 12.2. The van der Waals surface area contributed by atoms with Crippen LogP contribution in [0, 0.1) is 28.1 Å². The Morgan fingerprint density at radius 2 is 1.00 bits per heavy atom. The van der Waals surface area contributed by atoms with Crippen LogP contribution in [0.15, 0.2) is 0 Å². The summed E-state index contributed by atoms with van der Waals surface area (Å²) < 4.78 is 0. The molecule has 19 heavy (non-hydrogen) atoms. The van der Waals surface area contributed by atoms with E-state index in [1.165, 1.54) is 0 Å². The Kier molecular flexibility index (Phi) is 3.23. The number of rotatable bonds is 2. The van der Waals surface area contributed by atoms with E-state index in [4.69, 9.17) is 0 Å². The summed E-state index contributed by atoms with van der Waals surface area (Å²) in [7, 11) is 0. The molecule has 2 saturated carbocycles. The van der Waals surface area contributed by atoms with Crippen molar-refractivity contribution in [1.82, 2.24) is 0 Å². The molecule has 0 aromatic rings. The predicted molar refractivity (Wildman–Crippen MR) is 76.8 cm³/mol. The number of ketones is 2. The van der Waals surface area contributed by atoms with Crippen LogP contribution in [0.2, 0.25) is 0 Å². The molecule has 2 aliphatic rings. The molecule has 0 atom stereocenters. The maximum atomic E-state index is 12.2. The van der Waals surface area contributed by atoms with Gasteiger partial charge in [0.2, 0.25) is 0 Å². The summed E-state index contributed by atoms with van der Waals surface area (Å²) >= 11 is 0. The number of Topliss-reactive ketones (excluding diaryl/α,β-unsaturated/α-hetero) is 2. The molecule has 0 N–H and O–H groups in total. The molecular formula is C17H28O2. The van der Waals surface area contributed by atoms with Gasteiger partial charge in [0.15, 0.2) is 0 Å². The molecule has 0 aromatic heterocycles. The van der Waals surface area contributed by atoms with Crippen LogP contribution in [0.3, 0.4) is 0 Å². The van der Waals surface area contributed by atoms with Crippen LogP contribution in [0.1, 0.15) is 67.2 Å². The standard InChI is InChI=1S/C17H28O2/c1-15(2,3)13(18)11-7-17(8-11)9-12(10-17)14(19)16(4,5)6/h11-12H,7-10H2,1-6H3. The molecular weight excluding hydrogens is 236 g/mol.